The van der Waals surface area contributed by atoms with E-state index in [4.69, 9.17) is 0 Å². The Morgan fingerprint density at radius 2 is 1.86 bits per heavy atom. The number of hydrogen-bond donors (Lipinski definition) is 2. The lowest BCUT2D eigenvalue weighted by atomic mass is 10.1. The van der Waals surface area contributed by atoms with E-state index in [1.165, 1.54) is 6.07 Å². The maximum Gasteiger partial charge on any atom is 0.286 e. The maximum atomic E-state index is 12.7. The molecular weight excluding hydrogens is 376 g/mol. The van der Waals surface area contributed by atoms with Crippen LogP contribution in [0.3, 0.4) is 0 Å². The summed E-state index contributed by atoms with van der Waals surface area (Å²) in [6.07, 6.45) is 3.63. The molecule has 8 heteroatoms. The molecule has 4 rings (SSSR count). The molecule has 146 valence electrons. The van der Waals surface area contributed by atoms with Crippen molar-refractivity contribution >= 4 is 33.1 Å². The predicted molar refractivity (Wildman–Crippen MR) is 109 cm³/mol. The third-order valence-electron chi connectivity index (χ3n) is 4.98. The quantitative estimate of drug-likeness (QED) is 0.775. The van der Waals surface area contributed by atoms with Gasteiger partial charge in [-0.2, -0.15) is 8.42 Å². The van der Waals surface area contributed by atoms with Crippen molar-refractivity contribution in [3.8, 4) is 0 Å². The van der Waals surface area contributed by atoms with Crippen molar-refractivity contribution in [1.29, 1.82) is 0 Å². The van der Waals surface area contributed by atoms with Crippen LogP contribution in [0.2, 0.25) is 0 Å². The Morgan fingerprint density at radius 1 is 1.07 bits per heavy atom. The summed E-state index contributed by atoms with van der Waals surface area (Å²) in [4.78, 5) is 14.6. The highest BCUT2D eigenvalue weighted by molar-refractivity contribution is 7.90. The normalized spacial score (nSPS) is 17.6. The van der Waals surface area contributed by atoms with Crippen molar-refractivity contribution < 1.29 is 13.2 Å². The van der Waals surface area contributed by atoms with E-state index in [0.29, 0.717) is 17.9 Å². The summed E-state index contributed by atoms with van der Waals surface area (Å²) in [7, 11) is -3.81. The van der Waals surface area contributed by atoms with Crippen LogP contribution >= 0.6 is 0 Å². The molecule has 2 heterocycles. The lowest BCUT2D eigenvalue weighted by molar-refractivity contribution is 0.0962. The molecule has 0 bridgehead atoms. The number of fused-ring (bicyclic) bond motifs is 3. The fraction of sp³-hybridized carbons (Fsp3) is 0.300. The number of anilines is 2. The number of nitrogens with zero attached hydrogens (tertiary/aromatic N) is 2. The average molecular weight is 398 g/mol. The Bertz CT molecular complexity index is 1050. The van der Waals surface area contributed by atoms with E-state index in [0.717, 1.165) is 37.1 Å². The zero-order chi connectivity index (χ0) is 19.7. The van der Waals surface area contributed by atoms with E-state index in [2.05, 4.69) is 15.2 Å². The Balaban J connectivity index is 1.58. The Labute approximate surface area is 164 Å². The number of nitrogens with one attached hydrogen (secondary N) is 2. The second kappa shape index (κ2) is 7.27. The first kappa shape index (κ1) is 18.5. The lowest BCUT2D eigenvalue weighted by Gasteiger charge is -2.29. The summed E-state index contributed by atoms with van der Waals surface area (Å²) in [6, 6.07) is 12.3. The highest BCUT2D eigenvalue weighted by Crippen LogP contribution is 2.34. The monoisotopic (exact) mass is 398 g/mol. The molecule has 0 aliphatic carbocycles. The molecule has 0 unspecified atom stereocenters. The van der Waals surface area contributed by atoms with Crippen molar-refractivity contribution in [3.05, 3.63) is 53.6 Å². The van der Waals surface area contributed by atoms with Crippen molar-refractivity contribution in [2.75, 3.05) is 16.9 Å². The summed E-state index contributed by atoms with van der Waals surface area (Å²) >= 11 is 0. The summed E-state index contributed by atoms with van der Waals surface area (Å²) in [6.45, 7) is 2.72. The molecule has 2 aromatic carbocycles. The van der Waals surface area contributed by atoms with Crippen LogP contribution < -0.4 is 15.8 Å². The van der Waals surface area contributed by atoms with Crippen LogP contribution in [-0.4, -0.2) is 26.7 Å². The van der Waals surface area contributed by atoms with Gasteiger partial charge in [-0.3, -0.25) is 15.6 Å². The van der Waals surface area contributed by atoms with Crippen molar-refractivity contribution in [3.63, 3.8) is 0 Å². The number of amidine groups is 1. The van der Waals surface area contributed by atoms with Gasteiger partial charge in [-0.05, 0) is 50.1 Å². The van der Waals surface area contributed by atoms with Gasteiger partial charge < -0.3 is 4.90 Å². The number of amides is 1. The van der Waals surface area contributed by atoms with Gasteiger partial charge in [0.1, 0.15) is 10.7 Å². The molecule has 0 radical (unpaired) electrons. The van der Waals surface area contributed by atoms with Gasteiger partial charge in [0.15, 0.2) is 0 Å². The highest BCUT2D eigenvalue weighted by Gasteiger charge is 2.32. The van der Waals surface area contributed by atoms with E-state index >= 15 is 0 Å². The molecule has 1 fully saturated rings. The summed E-state index contributed by atoms with van der Waals surface area (Å²) in [5, 5.41) is 0. The molecular formula is C20H22N4O3S. The van der Waals surface area contributed by atoms with Crippen LogP contribution in [0.1, 0.15) is 41.6 Å². The van der Waals surface area contributed by atoms with Gasteiger partial charge >= 0.3 is 0 Å². The molecule has 28 heavy (non-hydrogen) atoms. The van der Waals surface area contributed by atoms with Gasteiger partial charge in [-0.15, -0.1) is 4.40 Å². The summed E-state index contributed by atoms with van der Waals surface area (Å²) in [5.41, 5.74) is 8.16. The number of carbonyl (C=O) groups is 1. The first-order valence-electron chi connectivity index (χ1n) is 9.32. The van der Waals surface area contributed by atoms with Crippen LogP contribution in [0.15, 0.2) is 51.8 Å². The number of hydrazine groups is 1. The third kappa shape index (κ3) is 3.60. The zero-order valence-corrected chi connectivity index (χ0v) is 16.4. The van der Waals surface area contributed by atoms with Crippen LogP contribution in [0, 0.1) is 6.92 Å². The molecule has 2 aliphatic rings. The number of benzene rings is 2. The van der Waals surface area contributed by atoms with Crippen LogP contribution in [0.4, 0.5) is 11.4 Å². The third-order valence-corrected chi connectivity index (χ3v) is 6.32. The van der Waals surface area contributed by atoms with Crippen molar-refractivity contribution in [1.82, 2.24) is 5.43 Å². The maximum absolute atomic E-state index is 12.7. The molecule has 0 saturated carbocycles. The smallest absolute Gasteiger partial charge is 0.286 e. The topological polar surface area (TPSA) is 90.9 Å². The number of sulfonamides is 1. The largest absolute Gasteiger partial charge is 0.328 e. The molecule has 1 amide bonds. The second-order valence-electron chi connectivity index (χ2n) is 7.07. The van der Waals surface area contributed by atoms with Gasteiger partial charge in [-0.25, -0.2) is 0 Å². The molecule has 0 spiro atoms. The van der Waals surface area contributed by atoms with Crippen LogP contribution in [0.25, 0.3) is 0 Å². The molecule has 2 N–H and O–H groups in total. The summed E-state index contributed by atoms with van der Waals surface area (Å²) < 4.78 is 29.3. The van der Waals surface area contributed by atoms with E-state index in [1.807, 2.05) is 36.1 Å². The predicted octanol–water partition coefficient (Wildman–Crippen LogP) is 3.23. The SMILES string of the molecule is Cc1ccc(NNC(=O)c2ccc3c(c2)S(=O)(=O)N=C2CCCCCN23)cc1. The van der Waals surface area contributed by atoms with Crippen molar-refractivity contribution in [2.24, 2.45) is 4.40 Å². The fourth-order valence-electron chi connectivity index (χ4n) is 3.46. The summed E-state index contributed by atoms with van der Waals surface area (Å²) in [5.74, 6) is 0.187. The number of hydrogen-bond acceptors (Lipinski definition) is 5. The van der Waals surface area contributed by atoms with E-state index < -0.39 is 15.9 Å². The van der Waals surface area contributed by atoms with E-state index in [-0.39, 0.29) is 10.5 Å². The van der Waals surface area contributed by atoms with Crippen molar-refractivity contribution in [2.45, 2.75) is 37.5 Å². The minimum atomic E-state index is -3.81. The van der Waals surface area contributed by atoms with Gasteiger partial charge in [0.25, 0.3) is 15.9 Å². The first-order chi connectivity index (χ1) is 13.4. The van der Waals surface area contributed by atoms with Gasteiger partial charge in [0.2, 0.25) is 0 Å². The van der Waals surface area contributed by atoms with Gasteiger partial charge in [0.05, 0.1) is 11.4 Å². The first-order valence-corrected chi connectivity index (χ1v) is 10.8. The van der Waals surface area contributed by atoms with Gasteiger partial charge in [-0.1, -0.05) is 24.1 Å². The Kier molecular flexibility index (Phi) is 4.80. The fourth-order valence-corrected chi connectivity index (χ4v) is 4.74. The minimum absolute atomic E-state index is 0.0844. The van der Waals surface area contributed by atoms with E-state index in [9.17, 15) is 13.2 Å². The number of rotatable bonds is 3. The van der Waals surface area contributed by atoms with Crippen LogP contribution in [-0.2, 0) is 10.0 Å². The lowest BCUT2D eigenvalue weighted by Crippen LogP contribution is -2.35. The minimum Gasteiger partial charge on any atom is -0.328 e. The number of carbonyl (C=O) groups excluding carboxylic acids is 1. The molecule has 1 saturated heterocycles. The van der Waals surface area contributed by atoms with Crippen LogP contribution in [0.5, 0.6) is 0 Å². The average Bonchev–Trinajstić information content (AvgIpc) is 2.92. The molecule has 0 atom stereocenters. The van der Waals surface area contributed by atoms with Gasteiger partial charge in [0, 0.05) is 18.5 Å². The second-order valence-corrected chi connectivity index (χ2v) is 8.65. The molecule has 2 aromatic rings. The zero-order valence-electron chi connectivity index (χ0n) is 15.6. The molecule has 2 aliphatic heterocycles. The van der Waals surface area contributed by atoms with E-state index in [1.54, 1.807) is 12.1 Å². The number of aryl methyl sites for hydroxylation is 1. The Morgan fingerprint density at radius 3 is 2.64 bits per heavy atom. The molecule has 0 aromatic heterocycles. The highest BCUT2D eigenvalue weighted by atomic mass is 32.2. The standard InChI is InChI=1S/C20H22N4O3S/c1-14-6-9-16(10-7-14)21-22-20(25)15-8-11-17-18(13-15)28(26,27)23-19-5-3-2-4-12-24(17)19/h6-11,13,21H,2-5,12H2,1H3,(H,22,25). The molecule has 7 nitrogen and oxygen atoms in total. The Hall–Kier alpha value is -2.87.